The number of hydrogen-bond acceptors (Lipinski definition) is 5. The first-order valence-corrected chi connectivity index (χ1v) is 17.0. The van der Waals surface area contributed by atoms with Gasteiger partial charge in [-0.1, -0.05) is 66.2 Å². The summed E-state index contributed by atoms with van der Waals surface area (Å²) in [5, 5.41) is 0. The molecular formula is C39H46N4O3. The van der Waals surface area contributed by atoms with Gasteiger partial charge in [0.05, 0.1) is 17.7 Å². The number of pyridine rings is 1. The van der Waals surface area contributed by atoms with Gasteiger partial charge in [-0.25, -0.2) is 9.83 Å². The van der Waals surface area contributed by atoms with E-state index in [4.69, 9.17) is 6.57 Å². The van der Waals surface area contributed by atoms with Crippen LogP contribution in [0.3, 0.4) is 0 Å². The van der Waals surface area contributed by atoms with Crippen molar-refractivity contribution < 1.29 is 14.4 Å². The van der Waals surface area contributed by atoms with E-state index in [1.807, 2.05) is 50.4 Å². The van der Waals surface area contributed by atoms with Crippen molar-refractivity contribution >= 4 is 17.5 Å². The maximum Gasteiger partial charge on any atom is 0.238 e. The van der Waals surface area contributed by atoms with Crippen molar-refractivity contribution in [1.82, 2.24) is 14.5 Å². The van der Waals surface area contributed by atoms with Crippen molar-refractivity contribution in [2.24, 2.45) is 50.2 Å². The van der Waals surface area contributed by atoms with Crippen LogP contribution in [0.5, 0.6) is 0 Å². The molecule has 0 aliphatic heterocycles. The standard InChI is InChI=1S/C39H46N4O3/c1-34(2)14-16-39(33(46)43-22-27(42-23-43)25-11-9-10-18-41-25)17-15-38(7)31(24(39)20-34)28(44)19-30-36(5)21-26(40-8)32(45)35(3,4)29(36)12-13-37(30,38)6/h9-11,18-19,21-24,29,31H,12-17,20H2,1-7H3. The molecule has 3 fully saturated rings. The predicted molar refractivity (Wildman–Crippen MR) is 176 cm³/mol. The number of imidazole rings is 1. The summed E-state index contributed by atoms with van der Waals surface area (Å²) in [7, 11) is 0. The molecule has 2 heterocycles. The Balaban J connectivity index is 1.34. The van der Waals surface area contributed by atoms with Gasteiger partial charge in [0.1, 0.15) is 12.0 Å². The molecular weight excluding hydrogens is 572 g/mol. The van der Waals surface area contributed by atoms with E-state index in [-0.39, 0.29) is 57.2 Å². The Hall–Kier alpha value is -3.66. The molecule has 7 unspecified atom stereocenters. The number of aromatic nitrogens is 3. The molecule has 0 aromatic carbocycles. The average molecular weight is 619 g/mol. The van der Waals surface area contributed by atoms with Crippen molar-refractivity contribution in [2.75, 3.05) is 0 Å². The van der Waals surface area contributed by atoms with E-state index in [0.29, 0.717) is 5.69 Å². The second-order valence-corrected chi connectivity index (χ2v) is 17.1. The highest BCUT2D eigenvalue weighted by Gasteiger charge is 2.70. The second kappa shape index (κ2) is 9.69. The largest absolute Gasteiger partial charge is 0.307 e. The van der Waals surface area contributed by atoms with Gasteiger partial charge in [0.25, 0.3) is 0 Å². The number of hydrogen-bond donors (Lipinski definition) is 0. The van der Waals surface area contributed by atoms with Gasteiger partial charge in [-0.15, -0.1) is 0 Å². The van der Waals surface area contributed by atoms with E-state index >= 15 is 0 Å². The molecule has 240 valence electrons. The number of rotatable bonds is 2. The molecule has 0 amide bonds. The van der Waals surface area contributed by atoms with Crippen LogP contribution < -0.4 is 0 Å². The predicted octanol–water partition coefficient (Wildman–Crippen LogP) is 8.16. The van der Waals surface area contributed by atoms with Gasteiger partial charge in [-0.05, 0) is 91.2 Å². The van der Waals surface area contributed by atoms with Gasteiger partial charge in [0.2, 0.25) is 11.6 Å². The lowest BCUT2D eigenvalue weighted by atomic mass is 9.34. The average Bonchev–Trinajstić information content (AvgIpc) is 3.50. The molecule has 7 nitrogen and oxygen atoms in total. The summed E-state index contributed by atoms with van der Waals surface area (Å²) in [6.45, 7) is 23.2. The molecule has 46 heavy (non-hydrogen) atoms. The molecule has 3 saturated carbocycles. The molecule has 2 aromatic rings. The van der Waals surface area contributed by atoms with E-state index in [1.54, 1.807) is 17.1 Å². The molecule has 5 aliphatic rings. The van der Waals surface area contributed by atoms with Gasteiger partial charge >= 0.3 is 0 Å². The van der Waals surface area contributed by atoms with Crippen molar-refractivity contribution in [3.63, 3.8) is 0 Å². The SMILES string of the molecule is [C-]#[N+]C1=CC2(C)C3=CC(=O)C4C5CC(C)(C)CCC5(C(=O)n5cnc(-c6ccccn6)c5)CCC4(C)C3(C)CCC2C(C)(C)C1=O. The van der Waals surface area contributed by atoms with Crippen molar-refractivity contribution in [3.05, 3.63) is 71.8 Å². The third kappa shape index (κ3) is 3.91. The lowest BCUT2D eigenvalue weighted by molar-refractivity contribution is -0.164. The third-order valence-corrected chi connectivity index (χ3v) is 14.0. The second-order valence-electron chi connectivity index (χ2n) is 17.1. The summed E-state index contributed by atoms with van der Waals surface area (Å²) in [4.78, 5) is 55.7. The van der Waals surface area contributed by atoms with Crippen LogP contribution in [0.15, 0.2) is 60.3 Å². The minimum Gasteiger partial charge on any atom is -0.307 e. The summed E-state index contributed by atoms with van der Waals surface area (Å²) in [6.07, 6.45) is 14.7. The summed E-state index contributed by atoms with van der Waals surface area (Å²) >= 11 is 0. The normalized spacial score (nSPS) is 39.0. The summed E-state index contributed by atoms with van der Waals surface area (Å²) in [6, 6.07) is 5.67. The van der Waals surface area contributed by atoms with Gasteiger partial charge in [-0.3, -0.25) is 19.1 Å². The number of Topliss-reactive ketones (excluding diaryl/α,β-unsaturated/α-hetero) is 1. The minimum atomic E-state index is -0.688. The topological polar surface area (TPSA) is 86.3 Å². The summed E-state index contributed by atoms with van der Waals surface area (Å²) in [5.74, 6) is -0.308. The fourth-order valence-corrected chi connectivity index (χ4v) is 11.3. The molecule has 0 radical (unpaired) electrons. The Morgan fingerprint density at radius 3 is 2.39 bits per heavy atom. The smallest absolute Gasteiger partial charge is 0.238 e. The highest BCUT2D eigenvalue weighted by molar-refractivity contribution is 6.03. The number of ketones is 2. The molecule has 7 atom stereocenters. The van der Waals surface area contributed by atoms with E-state index in [0.717, 1.165) is 56.2 Å². The zero-order valence-electron chi connectivity index (χ0n) is 28.3. The highest BCUT2D eigenvalue weighted by Crippen LogP contribution is 2.74. The molecule has 0 bridgehead atoms. The van der Waals surface area contributed by atoms with Crippen LogP contribution in [-0.4, -0.2) is 32.0 Å². The Morgan fingerprint density at radius 1 is 0.957 bits per heavy atom. The zero-order chi connectivity index (χ0) is 33.1. The maximum absolute atomic E-state index is 14.8. The molecule has 5 aliphatic carbocycles. The first-order valence-electron chi connectivity index (χ1n) is 17.0. The first-order chi connectivity index (χ1) is 21.5. The van der Waals surface area contributed by atoms with Crippen LogP contribution in [0.4, 0.5) is 0 Å². The van der Waals surface area contributed by atoms with Crippen LogP contribution in [0.2, 0.25) is 0 Å². The minimum absolute atomic E-state index is 0.0105. The Bertz CT molecular complexity index is 1770. The fourth-order valence-electron chi connectivity index (χ4n) is 11.3. The van der Waals surface area contributed by atoms with Crippen LogP contribution in [-0.2, 0) is 9.59 Å². The number of carbonyl (C=O) groups is 3. The zero-order valence-corrected chi connectivity index (χ0v) is 28.3. The fraction of sp³-hybridized carbons (Fsp3) is 0.590. The van der Waals surface area contributed by atoms with Gasteiger partial charge in [0, 0.05) is 29.1 Å². The van der Waals surface area contributed by atoms with E-state index in [2.05, 4.69) is 49.4 Å². The van der Waals surface area contributed by atoms with Gasteiger partial charge in [0.15, 0.2) is 11.6 Å². The molecule has 7 rings (SSSR count). The molecule has 0 N–H and O–H groups in total. The van der Waals surface area contributed by atoms with E-state index < -0.39 is 16.2 Å². The molecule has 7 heteroatoms. The molecule has 0 spiro atoms. The summed E-state index contributed by atoms with van der Waals surface area (Å²) in [5.41, 5.74) is 0.0992. The van der Waals surface area contributed by atoms with Crippen LogP contribution in [0.25, 0.3) is 16.2 Å². The van der Waals surface area contributed by atoms with Crippen molar-refractivity contribution in [3.8, 4) is 11.4 Å². The highest BCUT2D eigenvalue weighted by atomic mass is 16.2. The molecule has 0 saturated heterocycles. The number of nitrogens with zero attached hydrogens (tertiary/aromatic N) is 4. The number of carbonyl (C=O) groups excluding carboxylic acids is 3. The van der Waals surface area contributed by atoms with Gasteiger partial charge in [-0.2, -0.15) is 0 Å². The van der Waals surface area contributed by atoms with Crippen molar-refractivity contribution in [2.45, 2.75) is 93.4 Å². The van der Waals surface area contributed by atoms with Crippen LogP contribution in [0.1, 0.15) is 98.2 Å². The number of allylic oxidation sites excluding steroid dienone is 4. The number of fused-ring (bicyclic) bond motifs is 7. The quantitative estimate of drug-likeness (QED) is 0.317. The van der Waals surface area contributed by atoms with E-state index in [9.17, 15) is 14.4 Å². The Morgan fingerprint density at radius 2 is 1.70 bits per heavy atom. The lowest BCUT2D eigenvalue weighted by Gasteiger charge is -2.69. The Labute approximate surface area is 272 Å². The van der Waals surface area contributed by atoms with E-state index in [1.165, 1.54) is 0 Å². The third-order valence-electron chi connectivity index (χ3n) is 14.0. The maximum atomic E-state index is 14.8. The first kappa shape index (κ1) is 31.0. The van der Waals surface area contributed by atoms with Crippen molar-refractivity contribution in [1.29, 1.82) is 0 Å². The van der Waals surface area contributed by atoms with Crippen LogP contribution >= 0.6 is 0 Å². The summed E-state index contributed by atoms with van der Waals surface area (Å²) < 4.78 is 1.67. The Kier molecular flexibility index (Phi) is 6.52. The monoisotopic (exact) mass is 618 g/mol. The lowest BCUT2D eigenvalue weighted by Crippen LogP contribution is -2.66. The van der Waals surface area contributed by atoms with Crippen LogP contribution in [0, 0.1) is 56.8 Å². The molecule has 2 aromatic heterocycles. The van der Waals surface area contributed by atoms with Gasteiger partial charge < -0.3 is 4.79 Å².